The zero-order chi connectivity index (χ0) is 21.3. The van der Waals surface area contributed by atoms with Crippen LogP contribution in [0.25, 0.3) is 0 Å². The Labute approximate surface area is 174 Å². The minimum atomic E-state index is -0.434. The number of nitro groups is 1. The number of furan rings is 1. The number of amides is 2. The molecule has 0 radical (unpaired) electrons. The number of non-ortho nitro benzene ring substituents is 1. The lowest BCUT2D eigenvalue weighted by Crippen LogP contribution is -2.51. The highest BCUT2D eigenvalue weighted by Crippen LogP contribution is 2.15. The molecular formula is C20H25N5O5. The van der Waals surface area contributed by atoms with Crippen molar-refractivity contribution >= 4 is 23.2 Å². The van der Waals surface area contributed by atoms with E-state index in [0.717, 1.165) is 12.1 Å². The van der Waals surface area contributed by atoms with Gasteiger partial charge < -0.3 is 20.0 Å². The predicted molar refractivity (Wildman–Crippen MR) is 110 cm³/mol. The molecule has 2 N–H and O–H groups in total. The van der Waals surface area contributed by atoms with Gasteiger partial charge in [0.05, 0.1) is 17.7 Å². The number of anilines is 1. The topological polar surface area (TPSA) is 121 Å². The fourth-order valence-corrected chi connectivity index (χ4v) is 3.17. The SMILES string of the molecule is O=C(CN1CCN(C(=O)c2ccco2)CC1)NCCCNc1ccc([N+](=O)[O-])cc1. The third kappa shape index (κ3) is 6.05. The van der Waals surface area contributed by atoms with E-state index < -0.39 is 4.92 Å². The number of piperazine rings is 1. The van der Waals surface area contributed by atoms with Crippen LogP contribution in [0.5, 0.6) is 0 Å². The van der Waals surface area contributed by atoms with Crippen molar-refractivity contribution in [1.29, 1.82) is 0 Å². The predicted octanol–water partition coefficient (Wildman–Crippen LogP) is 1.56. The maximum absolute atomic E-state index is 12.2. The molecule has 0 spiro atoms. The summed E-state index contributed by atoms with van der Waals surface area (Å²) in [5.41, 5.74) is 0.855. The second kappa shape index (κ2) is 10.4. The molecule has 1 fully saturated rings. The van der Waals surface area contributed by atoms with Gasteiger partial charge in [0.15, 0.2) is 5.76 Å². The number of benzene rings is 1. The molecule has 2 heterocycles. The third-order valence-corrected chi connectivity index (χ3v) is 4.84. The van der Waals surface area contributed by atoms with Gasteiger partial charge in [-0.1, -0.05) is 0 Å². The molecular weight excluding hydrogens is 390 g/mol. The van der Waals surface area contributed by atoms with Gasteiger partial charge in [0.2, 0.25) is 5.91 Å². The first-order chi connectivity index (χ1) is 14.5. The van der Waals surface area contributed by atoms with Crippen LogP contribution in [-0.2, 0) is 4.79 Å². The summed E-state index contributed by atoms with van der Waals surface area (Å²) in [6, 6.07) is 9.56. The second-order valence-corrected chi connectivity index (χ2v) is 6.98. The van der Waals surface area contributed by atoms with Crippen molar-refractivity contribution in [3.05, 3.63) is 58.5 Å². The summed E-state index contributed by atoms with van der Waals surface area (Å²) in [6.07, 6.45) is 2.21. The van der Waals surface area contributed by atoms with Crippen molar-refractivity contribution < 1.29 is 18.9 Å². The van der Waals surface area contributed by atoms with E-state index in [4.69, 9.17) is 4.42 Å². The van der Waals surface area contributed by atoms with Gasteiger partial charge in [0.1, 0.15) is 0 Å². The van der Waals surface area contributed by atoms with Gasteiger partial charge in [0, 0.05) is 57.1 Å². The quantitative estimate of drug-likeness (QED) is 0.362. The molecule has 0 unspecified atom stereocenters. The Bertz CT molecular complexity index is 845. The van der Waals surface area contributed by atoms with Gasteiger partial charge in [-0.05, 0) is 30.7 Å². The van der Waals surface area contributed by atoms with E-state index >= 15 is 0 Å². The second-order valence-electron chi connectivity index (χ2n) is 6.98. The van der Waals surface area contributed by atoms with Crippen molar-refractivity contribution in [2.24, 2.45) is 0 Å². The molecule has 1 aliphatic rings. The number of nitro benzene ring substituents is 1. The van der Waals surface area contributed by atoms with Gasteiger partial charge in [0.25, 0.3) is 11.6 Å². The highest BCUT2D eigenvalue weighted by Gasteiger charge is 2.24. The Morgan fingerprint density at radius 1 is 1.07 bits per heavy atom. The van der Waals surface area contributed by atoms with Gasteiger partial charge in [-0.2, -0.15) is 0 Å². The Morgan fingerprint density at radius 2 is 1.80 bits per heavy atom. The maximum Gasteiger partial charge on any atom is 0.289 e. The minimum Gasteiger partial charge on any atom is -0.459 e. The van der Waals surface area contributed by atoms with E-state index in [-0.39, 0.29) is 17.5 Å². The van der Waals surface area contributed by atoms with Crippen LogP contribution in [0.4, 0.5) is 11.4 Å². The smallest absolute Gasteiger partial charge is 0.289 e. The van der Waals surface area contributed by atoms with Crippen LogP contribution in [0.1, 0.15) is 17.0 Å². The molecule has 0 aliphatic carbocycles. The fourth-order valence-electron chi connectivity index (χ4n) is 3.17. The maximum atomic E-state index is 12.2. The van der Waals surface area contributed by atoms with Crippen LogP contribution in [-0.4, -0.2) is 72.4 Å². The third-order valence-electron chi connectivity index (χ3n) is 4.84. The lowest BCUT2D eigenvalue weighted by atomic mass is 10.2. The molecule has 10 nitrogen and oxygen atoms in total. The first kappa shape index (κ1) is 21.3. The van der Waals surface area contributed by atoms with E-state index in [9.17, 15) is 19.7 Å². The Hall–Kier alpha value is -3.40. The number of rotatable bonds is 9. The Morgan fingerprint density at radius 3 is 2.43 bits per heavy atom. The van der Waals surface area contributed by atoms with Crippen LogP contribution in [0.3, 0.4) is 0 Å². The molecule has 2 aromatic rings. The summed E-state index contributed by atoms with van der Waals surface area (Å²) in [4.78, 5) is 38.3. The Kier molecular flexibility index (Phi) is 7.39. The number of carbonyl (C=O) groups excluding carboxylic acids is 2. The molecule has 3 rings (SSSR count). The van der Waals surface area contributed by atoms with Gasteiger partial charge in [-0.25, -0.2) is 0 Å². The van der Waals surface area contributed by atoms with Gasteiger partial charge >= 0.3 is 0 Å². The monoisotopic (exact) mass is 415 g/mol. The molecule has 0 atom stereocenters. The van der Waals surface area contributed by atoms with E-state index in [0.29, 0.717) is 51.6 Å². The molecule has 2 amide bonds. The van der Waals surface area contributed by atoms with Crippen molar-refractivity contribution in [2.75, 3.05) is 51.1 Å². The summed E-state index contributed by atoms with van der Waals surface area (Å²) in [5.74, 6) is 0.171. The highest BCUT2D eigenvalue weighted by molar-refractivity contribution is 5.91. The first-order valence-corrected chi connectivity index (χ1v) is 9.83. The summed E-state index contributed by atoms with van der Waals surface area (Å²) in [5, 5.41) is 16.7. The standard InChI is InChI=1S/C20H25N5O5/c26-19(22-9-2-8-21-16-4-6-17(7-5-16)25(28)29)15-23-10-12-24(13-11-23)20(27)18-3-1-14-30-18/h1,3-7,14,21H,2,8-13,15H2,(H,22,26). The number of hydrogen-bond donors (Lipinski definition) is 2. The molecule has 0 bridgehead atoms. The molecule has 1 saturated heterocycles. The zero-order valence-electron chi connectivity index (χ0n) is 16.6. The van der Waals surface area contributed by atoms with Gasteiger partial charge in [-0.15, -0.1) is 0 Å². The molecule has 30 heavy (non-hydrogen) atoms. The fraction of sp³-hybridized carbons (Fsp3) is 0.400. The van der Waals surface area contributed by atoms with Crippen molar-refractivity contribution in [1.82, 2.24) is 15.1 Å². The van der Waals surface area contributed by atoms with Crippen molar-refractivity contribution in [2.45, 2.75) is 6.42 Å². The summed E-state index contributed by atoms with van der Waals surface area (Å²) >= 11 is 0. The molecule has 160 valence electrons. The van der Waals surface area contributed by atoms with Crippen molar-refractivity contribution in [3.8, 4) is 0 Å². The van der Waals surface area contributed by atoms with E-state index in [1.165, 1.54) is 18.4 Å². The van der Waals surface area contributed by atoms with Crippen LogP contribution in [0.2, 0.25) is 0 Å². The molecule has 0 saturated carbocycles. The van der Waals surface area contributed by atoms with Crippen molar-refractivity contribution in [3.63, 3.8) is 0 Å². The molecule has 1 aromatic heterocycles. The molecule has 1 aliphatic heterocycles. The summed E-state index contributed by atoms with van der Waals surface area (Å²) < 4.78 is 5.15. The van der Waals surface area contributed by atoms with E-state index in [1.54, 1.807) is 29.2 Å². The largest absolute Gasteiger partial charge is 0.459 e. The summed E-state index contributed by atoms with van der Waals surface area (Å²) in [7, 11) is 0. The molecule has 10 heteroatoms. The van der Waals surface area contributed by atoms with Crippen LogP contribution >= 0.6 is 0 Å². The zero-order valence-corrected chi connectivity index (χ0v) is 16.6. The average molecular weight is 415 g/mol. The van der Waals surface area contributed by atoms with Crippen LogP contribution in [0, 0.1) is 10.1 Å². The lowest BCUT2D eigenvalue weighted by Gasteiger charge is -2.33. The number of nitrogens with one attached hydrogen (secondary N) is 2. The summed E-state index contributed by atoms with van der Waals surface area (Å²) in [6.45, 7) is 3.89. The van der Waals surface area contributed by atoms with Gasteiger partial charge in [-0.3, -0.25) is 24.6 Å². The van der Waals surface area contributed by atoms with E-state index in [2.05, 4.69) is 10.6 Å². The number of carbonyl (C=O) groups is 2. The van der Waals surface area contributed by atoms with Crippen LogP contribution < -0.4 is 10.6 Å². The van der Waals surface area contributed by atoms with E-state index in [1.807, 2.05) is 4.90 Å². The average Bonchev–Trinajstić information content (AvgIpc) is 3.29. The highest BCUT2D eigenvalue weighted by atomic mass is 16.6. The Balaban J connectivity index is 1.27. The molecule has 1 aromatic carbocycles. The number of hydrogen-bond acceptors (Lipinski definition) is 7. The minimum absolute atomic E-state index is 0.0452. The van der Waals surface area contributed by atoms with Crippen LogP contribution in [0.15, 0.2) is 47.1 Å². The first-order valence-electron chi connectivity index (χ1n) is 9.83. The normalized spacial score (nSPS) is 14.3. The lowest BCUT2D eigenvalue weighted by molar-refractivity contribution is -0.384. The number of nitrogens with zero attached hydrogens (tertiary/aromatic N) is 3.